The molecule has 0 aliphatic rings. The summed E-state index contributed by atoms with van der Waals surface area (Å²) < 4.78 is 4.98. The molecule has 0 saturated heterocycles. The number of rotatable bonds is 9. The number of aromatic nitrogens is 1. The zero-order valence-electron chi connectivity index (χ0n) is 35.1. The lowest BCUT2D eigenvalue weighted by atomic mass is 9.65. The molecule has 2 heterocycles. The van der Waals surface area contributed by atoms with Gasteiger partial charge in [-0.2, -0.15) is 0 Å². The van der Waals surface area contributed by atoms with E-state index in [4.69, 9.17) is 0 Å². The lowest BCUT2D eigenvalue weighted by molar-refractivity contribution is 0.745. The van der Waals surface area contributed by atoms with Crippen molar-refractivity contribution in [1.29, 1.82) is 0 Å². The van der Waals surface area contributed by atoms with Gasteiger partial charge in [-0.05, 0) is 94.0 Å². The maximum Gasteiger partial charge on any atom is 0.0701 e. The predicted molar refractivity (Wildman–Crippen MR) is 272 cm³/mol. The first-order valence-electron chi connectivity index (χ1n) is 21.9. The van der Waals surface area contributed by atoms with E-state index >= 15 is 0 Å². The van der Waals surface area contributed by atoms with Gasteiger partial charge in [0, 0.05) is 53.7 Å². The number of hydrogen-bond acceptors (Lipinski definition) is 2. The van der Waals surface area contributed by atoms with Crippen LogP contribution < -0.4 is 4.90 Å². The Morgan fingerprint density at radius 3 is 1.38 bits per heavy atom. The fourth-order valence-electron chi connectivity index (χ4n) is 10.0. The van der Waals surface area contributed by atoms with Crippen molar-refractivity contribution in [3.63, 3.8) is 0 Å². The number of fused-ring (bicyclic) bond motifs is 6. The highest BCUT2D eigenvalue weighted by Crippen LogP contribution is 2.47. The van der Waals surface area contributed by atoms with Crippen LogP contribution in [0.25, 0.3) is 58.8 Å². The van der Waals surface area contributed by atoms with Crippen LogP contribution in [0.5, 0.6) is 0 Å². The molecule has 0 spiro atoms. The standard InChI is InChI=1S/C61H42N2S/c1-5-17-45(18-6-1)61(46-19-7-2-8-20-46,47-21-9-3-10-22-47)48-33-29-43(30-34-48)44-31-35-50(36-32-44)62(52-38-40-56-55-26-14-16-28-59(55)64-60(56)42-52)51-37-39-54-53-25-13-15-27-57(53)63(58(54)41-51)49-23-11-4-12-24-49/h1-42H. The van der Waals surface area contributed by atoms with E-state index in [-0.39, 0.29) is 0 Å². The van der Waals surface area contributed by atoms with E-state index in [9.17, 15) is 0 Å². The quantitative estimate of drug-likeness (QED) is 0.132. The van der Waals surface area contributed by atoms with Gasteiger partial charge in [-0.3, -0.25) is 0 Å². The van der Waals surface area contributed by atoms with Crippen molar-refractivity contribution < 1.29 is 0 Å². The average molecular weight is 835 g/mol. The molecule has 0 bridgehead atoms. The molecule has 0 fully saturated rings. The summed E-state index contributed by atoms with van der Waals surface area (Å²) in [6.07, 6.45) is 0. The molecule has 10 aromatic carbocycles. The Morgan fingerprint density at radius 1 is 0.312 bits per heavy atom. The Balaban J connectivity index is 0.983. The highest BCUT2D eigenvalue weighted by Gasteiger charge is 2.38. The van der Waals surface area contributed by atoms with E-state index in [2.05, 4.69) is 264 Å². The summed E-state index contributed by atoms with van der Waals surface area (Å²) in [6, 6.07) is 93.1. The first-order valence-corrected chi connectivity index (χ1v) is 22.7. The van der Waals surface area contributed by atoms with Gasteiger partial charge in [0.25, 0.3) is 0 Å². The van der Waals surface area contributed by atoms with Crippen LogP contribution in [0.15, 0.2) is 255 Å². The Morgan fingerprint density at radius 2 is 0.750 bits per heavy atom. The minimum absolute atomic E-state index is 0.491. The minimum Gasteiger partial charge on any atom is -0.310 e. The molecule has 0 aliphatic carbocycles. The summed E-state index contributed by atoms with van der Waals surface area (Å²) in [7, 11) is 0. The van der Waals surface area contributed by atoms with Gasteiger partial charge in [-0.25, -0.2) is 0 Å². The van der Waals surface area contributed by atoms with Crippen LogP contribution in [0.1, 0.15) is 22.3 Å². The van der Waals surface area contributed by atoms with Gasteiger partial charge in [0.05, 0.1) is 16.4 Å². The van der Waals surface area contributed by atoms with Crippen molar-refractivity contribution in [2.24, 2.45) is 0 Å². The molecular weight excluding hydrogens is 793 g/mol. The normalized spacial score (nSPS) is 11.8. The number of nitrogens with zero attached hydrogens (tertiary/aromatic N) is 2. The third-order valence-electron chi connectivity index (χ3n) is 12.9. The van der Waals surface area contributed by atoms with Crippen molar-refractivity contribution in [2.75, 3.05) is 4.90 Å². The Kier molecular flexibility index (Phi) is 9.28. The lowest BCUT2D eigenvalue weighted by Gasteiger charge is -2.37. The Hall–Kier alpha value is -7.98. The summed E-state index contributed by atoms with van der Waals surface area (Å²) in [4.78, 5) is 2.41. The van der Waals surface area contributed by atoms with E-state index in [0.29, 0.717) is 0 Å². The Bertz CT molecular complexity index is 3480. The maximum atomic E-state index is 2.41. The zero-order valence-corrected chi connectivity index (χ0v) is 35.9. The molecule has 64 heavy (non-hydrogen) atoms. The third kappa shape index (κ3) is 6.24. The molecular formula is C61H42N2S. The minimum atomic E-state index is -0.491. The SMILES string of the molecule is c1ccc(-n2c3ccccc3c3ccc(N(c4ccc(-c5ccc(C(c6ccccc6)(c6ccccc6)c6ccccc6)cc5)cc4)c4ccc5c(c4)sc4ccccc45)cc32)cc1. The van der Waals surface area contributed by atoms with Crippen LogP contribution >= 0.6 is 11.3 Å². The molecule has 3 heteroatoms. The van der Waals surface area contributed by atoms with E-state index in [0.717, 1.165) is 22.7 Å². The van der Waals surface area contributed by atoms with Crippen molar-refractivity contribution >= 4 is 70.4 Å². The summed E-state index contributed by atoms with van der Waals surface area (Å²) >= 11 is 1.86. The molecule has 12 rings (SSSR count). The average Bonchev–Trinajstić information content (AvgIpc) is 3.91. The number of thiophene rings is 1. The highest BCUT2D eigenvalue weighted by atomic mass is 32.1. The van der Waals surface area contributed by atoms with Gasteiger partial charge in [0.15, 0.2) is 0 Å². The number of hydrogen-bond donors (Lipinski definition) is 0. The molecule has 0 aliphatic heterocycles. The second kappa shape index (κ2) is 15.7. The van der Waals surface area contributed by atoms with Crippen LogP contribution in [0.3, 0.4) is 0 Å². The molecule has 12 aromatic rings. The van der Waals surface area contributed by atoms with Crippen molar-refractivity contribution in [2.45, 2.75) is 5.41 Å². The van der Waals surface area contributed by atoms with Gasteiger partial charge < -0.3 is 9.47 Å². The third-order valence-corrected chi connectivity index (χ3v) is 14.1. The Labute approximate surface area is 377 Å². The fourth-order valence-corrected chi connectivity index (χ4v) is 11.2. The van der Waals surface area contributed by atoms with Crippen LogP contribution in [0.4, 0.5) is 17.1 Å². The molecule has 0 atom stereocenters. The van der Waals surface area contributed by atoms with Crippen molar-refractivity contribution in [1.82, 2.24) is 4.57 Å². The predicted octanol–water partition coefficient (Wildman–Crippen LogP) is 16.7. The number of anilines is 3. The molecule has 2 nitrogen and oxygen atoms in total. The van der Waals surface area contributed by atoms with Crippen LogP contribution in [-0.2, 0) is 5.41 Å². The summed E-state index contributed by atoms with van der Waals surface area (Å²) in [5.41, 5.74) is 13.6. The first-order chi connectivity index (χ1) is 31.7. The summed E-state index contributed by atoms with van der Waals surface area (Å²) in [5.74, 6) is 0. The maximum absolute atomic E-state index is 2.41. The molecule has 0 radical (unpaired) electrons. The molecule has 0 N–H and O–H groups in total. The van der Waals surface area contributed by atoms with Gasteiger partial charge in [0.1, 0.15) is 0 Å². The molecule has 0 unspecified atom stereocenters. The van der Waals surface area contributed by atoms with E-state index in [1.165, 1.54) is 75.4 Å². The molecule has 302 valence electrons. The second-order valence-electron chi connectivity index (χ2n) is 16.5. The summed E-state index contributed by atoms with van der Waals surface area (Å²) in [6.45, 7) is 0. The van der Waals surface area contributed by atoms with E-state index in [1.807, 2.05) is 11.3 Å². The van der Waals surface area contributed by atoms with E-state index < -0.39 is 5.41 Å². The van der Waals surface area contributed by atoms with Crippen LogP contribution in [0, 0.1) is 0 Å². The largest absolute Gasteiger partial charge is 0.310 e. The van der Waals surface area contributed by atoms with Gasteiger partial charge in [-0.1, -0.05) is 194 Å². The van der Waals surface area contributed by atoms with Crippen LogP contribution in [-0.4, -0.2) is 4.57 Å². The summed E-state index contributed by atoms with van der Waals surface area (Å²) in [5, 5.41) is 5.07. The number of para-hydroxylation sites is 2. The lowest BCUT2D eigenvalue weighted by Crippen LogP contribution is -2.30. The molecule has 2 aromatic heterocycles. The van der Waals surface area contributed by atoms with Crippen molar-refractivity contribution in [3.8, 4) is 16.8 Å². The zero-order chi connectivity index (χ0) is 42.5. The highest BCUT2D eigenvalue weighted by molar-refractivity contribution is 7.25. The monoisotopic (exact) mass is 834 g/mol. The first kappa shape index (κ1) is 37.8. The smallest absolute Gasteiger partial charge is 0.0701 e. The van der Waals surface area contributed by atoms with E-state index in [1.54, 1.807) is 0 Å². The van der Waals surface area contributed by atoms with Crippen molar-refractivity contribution in [3.05, 3.63) is 277 Å². The van der Waals surface area contributed by atoms with Crippen LogP contribution in [0.2, 0.25) is 0 Å². The fraction of sp³-hybridized carbons (Fsp3) is 0.0164. The van der Waals surface area contributed by atoms with Gasteiger partial charge in [-0.15, -0.1) is 11.3 Å². The molecule has 0 amide bonds. The molecule has 0 saturated carbocycles. The topological polar surface area (TPSA) is 8.17 Å². The van der Waals surface area contributed by atoms with Gasteiger partial charge in [0.2, 0.25) is 0 Å². The van der Waals surface area contributed by atoms with Gasteiger partial charge >= 0.3 is 0 Å². The number of benzene rings is 10. The second-order valence-corrected chi connectivity index (χ2v) is 17.6.